The summed E-state index contributed by atoms with van der Waals surface area (Å²) in [5.74, 6) is -0.202. The molecule has 0 spiro atoms. The average molecular weight is 232 g/mol. The fraction of sp³-hybridized carbons (Fsp3) is 0.833. The maximum absolute atomic E-state index is 10.9. The van der Waals surface area contributed by atoms with E-state index in [0.717, 1.165) is 12.8 Å². The Morgan fingerprint density at radius 2 is 1.56 bits per heavy atom. The van der Waals surface area contributed by atoms with Crippen LogP contribution in [0.15, 0.2) is 0 Å². The molecule has 0 fully saturated rings. The van der Waals surface area contributed by atoms with Crippen LogP contribution in [0.3, 0.4) is 0 Å². The highest BCUT2D eigenvalue weighted by atomic mass is 16.5. The van der Waals surface area contributed by atoms with Crippen molar-refractivity contribution in [2.75, 3.05) is 13.2 Å². The minimum atomic E-state index is -0.211. The molecule has 16 heavy (non-hydrogen) atoms. The third kappa shape index (κ3) is 12.9. The standard InChI is InChI=1S/C8H16O2.C4H8O2/c1-4-6-7(3)8(9)10-5-2;1-3-6-4(2)5/h7H,4-6H2,1-3H3;3H2,1-2H3. The summed E-state index contributed by atoms with van der Waals surface area (Å²) in [7, 11) is 0. The van der Waals surface area contributed by atoms with Gasteiger partial charge in [-0.25, -0.2) is 0 Å². The maximum Gasteiger partial charge on any atom is 0.308 e. The summed E-state index contributed by atoms with van der Waals surface area (Å²) in [5.41, 5.74) is 0. The molecule has 0 N–H and O–H groups in total. The van der Waals surface area contributed by atoms with Crippen molar-refractivity contribution in [1.82, 2.24) is 0 Å². The molecule has 96 valence electrons. The van der Waals surface area contributed by atoms with Gasteiger partial charge in [-0.1, -0.05) is 20.3 Å². The van der Waals surface area contributed by atoms with Crippen LogP contribution in [0.2, 0.25) is 0 Å². The smallest absolute Gasteiger partial charge is 0.308 e. The normalized spacial score (nSPS) is 10.8. The minimum absolute atomic E-state index is 0.0654. The van der Waals surface area contributed by atoms with E-state index in [1.807, 2.05) is 13.8 Å². The largest absolute Gasteiger partial charge is 0.466 e. The van der Waals surface area contributed by atoms with Crippen LogP contribution in [0.25, 0.3) is 0 Å². The van der Waals surface area contributed by atoms with Crippen molar-refractivity contribution < 1.29 is 19.1 Å². The Morgan fingerprint density at radius 3 is 1.81 bits per heavy atom. The molecule has 0 radical (unpaired) electrons. The number of hydrogen-bond acceptors (Lipinski definition) is 4. The number of rotatable bonds is 5. The molecule has 0 aliphatic heterocycles. The molecule has 4 heteroatoms. The molecular formula is C12H24O4. The van der Waals surface area contributed by atoms with Crippen LogP contribution < -0.4 is 0 Å². The van der Waals surface area contributed by atoms with Crippen molar-refractivity contribution in [3.63, 3.8) is 0 Å². The Hall–Kier alpha value is -1.06. The van der Waals surface area contributed by atoms with Gasteiger partial charge in [-0.2, -0.15) is 0 Å². The molecule has 4 nitrogen and oxygen atoms in total. The van der Waals surface area contributed by atoms with Gasteiger partial charge in [-0.05, 0) is 20.3 Å². The number of hydrogen-bond donors (Lipinski definition) is 0. The maximum atomic E-state index is 10.9. The predicted octanol–water partition coefficient (Wildman–Crippen LogP) is 2.56. The van der Waals surface area contributed by atoms with Crippen molar-refractivity contribution in [2.45, 2.75) is 47.5 Å². The molecule has 0 aromatic carbocycles. The first-order valence-corrected chi connectivity index (χ1v) is 5.79. The van der Waals surface area contributed by atoms with Crippen LogP contribution >= 0.6 is 0 Å². The summed E-state index contributed by atoms with van der Waals surface area (Å²) < 4.78 is 9.22. The monoisotopic (exact) mass is 232 g/mol. The number of ether oxygens (including phenoxy) is 2. The Kier molecular flexibility index (Phi) is 13.0. The van der Waals surface area contributed by atoms with Gasteiger partial charge >= 0.3 is 11.9 Å². The highest BCUT2D eigenvalue weighted by Gasteiger charge is 2.11. The average Bonchev–Trinajstić information content (AvgIpc) is 2.19. The first-order valence-electron chi connectivity index (χ1n) is 5.79. The van der Waals surface area contributed by atoms with E-state index < -0.39 is 0 Å². The van der Waals surface area contributed by atoms with Crippen molar-refractivity contribution in [3.8, 4) is 0 Å². The number of carbonyl (C=O) groups is 2. The summed E-state index contributed by atoms with van der Waals surface area (Å²) >= 11 is 0. The van der Waals surface area contributed by atoms with Gasteiger partial charge in [-0.3, -0.25) is 9.59 Å². The van der Waals surface area contributed by atoms with Gasteiger partial charge < -0.3 is 9.47 Å². The fourth-order valence-electron chi connectivity index (χ4n) is 1.04. The van der Waals surface area contributed by atoms with Crippen LogP contribution in [-0.4, -0.2) is 25.2 Å². The molecule has 0 saturated heterocycles. The van der Waals surface area contributed by atoms with E-state index in [4.69, 9.17) is 4.74 Å². The quantitative estimate of drug-likeness (QED) is 0.683. The van der Waals surface area contributed by atoms with E-state index in [0.29, 0.717) is 13.2 Å². The lowest BCUT2D eigenvalue weighted by Crippen LogP contribution is -2.14. The Morgan fingerprint density at radius 1 is 1.06 bits per heavy atom. The lowest BCUT2D eigenvalue weighted by molar-refractivity contribution is -0.147. The van der Waals surface area contributed by atoms with E-state index in [2.05, 4.69) is 11.7 Å². The number of esters is 2. The molecule has 0 aliphatic rings. The molecule has 0 rings (SSSR count). The lowest BCUT2D eigenvalue weighted by Gasteiger charge is -2.07. The van der Waals surface area contributed by atoms with Gasteiger partial charge in [0.05, 0.1) is 19.1 Å². The first-order chi connectivity index (χ1) is 7.49. The zero-order valence-electron chi connectivity index (χ0n) is 11.0. The van der Waals surface area contributed by atoms with E-state index in [1.165, 1.54) is 6.92 Å². The second-order valence-electron chi connectivity index (χ2n) is 3.37. The van der Waals surface area contributed by atoms with Gasteiger partial charge in [0.25, 0.3) is 0 Å². The third-order valence-electron chi connectivity index (χ3n) is 1.76. The molecule has 0 aliphatic carbocycles. The van der Waals surface area contributed by atoms with Gasteiger partial charge in [0.2, 0.25) is 0 Å². The second kappa shape index (κ2) is 12.0. The topological polar surface area (TPSA) is 52.6 Å². The lowest BCUT2D eigenvalue weighted by atomic mass is 10.1. The van der Waals surface area contributed by atoms with Crippen molar-refractivity contribution >= 4 is 11.9 Å². The minimum Gasteiger partial charge on any atom is -0.466 e. The Balaban J connectivity index is 0. The fourth-order valence-corrected chi connectivity index (χ4v) is 1.04. The van der Waals surface area contributed by atoms with Gasteiger partial charge in [0.15, 0.2) is 0 Å². The molecule has 0 heterocycles. The van der Waals surface area contributed by atoms with Crippen LogP contribution in [0.5, 0.6) is 0 Å². The zero-order valence-corrected chi connectivity index (χ0v) is 11.0. The molecular weight excluding hydrogens is 208 g/mol. The summed E-state index contributed by atoms with van der Waals surface area (Å²) in [5, 5.41) is 0. The van der Waals surface area contributed by atoms with E-state index >= 15 is 0 Å². The van der Waals surface area contributed by atoms with Gasteiger partial charge in [-0.15, -0.1) is 0 Å². The highest BCUT2D eigenvalue weighted by molar-refractivity contribution is 5.71. The zero-order chi connectivity index (χ0) is 13.0. The first kappa shape index (κ1) is 17.3. The molecule has 0 saturated carbocycles. The molecule has 1 atom stereocenters. The molecule has 0 aromatic rings. The summed E-state index contributed by atoms with van der Waals surface area (Å²) in [6.45, 7) is 9.95. The van der Waals surface area contributed by atoms with Crippen molar-refractivity contribution in [1.29, 1.82) is 0 Å². The van der Waals surface area contributed by atoms with Crippen LogP contribution in [0, 0.1) is 5.92 Å². The molecule has 0 aromatic heterocycles. The second-order valence-corrected chi connectivity index (χ2v) is 3.37. The van der Waals surface area contributed by atoms with Crippen molar-refractivity contribution in [3.05, 3.63) is 0 Å². The van der Waals surface area contributed by atoms with E-state index in [-0.39, 0.29) is 17.9 Å². The predicted molar refractivity (Wildman–Crippen MR) is 63.0 cm³/mol. The van der Waals surface area contributed by atoms with Crippen LogP contribution in [-0.2, 0) is 19.1 Å². The van der Waals surface area contributed by atoms with Gasteiger partial charge in [0.1, 0.15) is 0 Å². The SMILES string of the molecule is CCCC(C)C(=O)OCC.CCOC(C)=O. The summed E-state index contributed by atoms with van der Waals surface area (Å²) in [6, 6.07) is 0. The summed E-state index contributed by atoms with van der Waals surface area (Å²) in [6.07, 6.45) is 1.97. The van der Waals surface area contributed by atoms with Gasteiger partial charge in [0, 0.05) is 6.92 Å². The third-order valence-corrected chi connectivity index (χ3v) is 1.76. The Bertz CT molecular complexity index is 189. The Labute approximate surface area is 98.3 Å². The van der Waals surface area contributed by atoms with E-state index in [1.54, 1.807) is 6.92 Å². The highest BCUT2D eigenvalue weighted by Crippen LogP contribution is 2.06. The molecule has 0 bridgehead atoms. The number of carbonyl (C=O) groups excluding carboxylic acids is 2. The molecule has 1 unspecified atom stereocenters. The van der Waals surface area contributed by atoms with E-state index in [9.17, 15) is 9.59 Å². The van der Waals surface area contributed by atoms with Crippen molar-refractivity contribution in [2.24, 2.45) is 5.92 Å². The van der Waals surface area contributed by atoms with Crippen LogP contribution in [0.1, 0.15) is 47.5 Å². The van der Waals surface area contributed by atoms with Crippen LogP contribution in [0.4, 0.5) is 0 Å². The molecule has 0 amide bonds. The summed E-state index contributed by atoms with van der Waals surface area (Å²) in [4.78, 5) is 20.7.